The Morgan fingerprint density at radius 3 is 2.69 bits per heavy atom. The summed E-state index contributed by atoms with van der Waals surface area (Å²) in [6.45, 7) is 12.3. The van der Waals surface area contributed by atoms with Crippen LogP contribution in [0.1, 0.15) is 37.9 Å². The zero-order chi connectivity index (χ0) is 18.5. The van der Waals surface area contributed by atoms with E-state index < -0.39 is 0 Å². The van der Waals surface area contributed by atoms with Crippen molar-refractivity contribution in [3.63, 3.8) is 0 Å². The number of unbranched alkanes of at least 4 members (excludes halogenated alkanes) is 1. The number of aryl methyl sites for hydroxylation is 1. The Morgan fingerprint density at radius 1 is 1.23 bits per heavy atom. The molecule has 0 unspecified atom stereocenters. The molecule has 26 heavy (non-hydrogen) atoms. The number of H-pyrrole nitrogens is 1. The standard InChI is InChI=1S/C21H31N3O2/c1-4-6-9-23(5-2)15-19-16(3)22-20-8-7-17(14-18(20)21(19)25)24-10-12-26-13-11-24/h7-8,14H,4-6,9-13,15H2,1-3H3,(H,22,25). The summed E-state index contributed by atoms with van der Waals surface area (Å²) >= 11 is 0. The van der Waals surface area contributed by atoms with Gasteiger partial charge in [-0.15, -0.1) is 0 Å². The number of aromatic nitrogens is 1. The number of rotatable bonds is 7. The Kier molecular flexibility index (Phi) is 6.33. The second kappa shape index (κ2) is 8.69. The van der Waals surface area contributed by atoms with Gasteiger partial charge >= 0.3 is 0 Å². The van der Waals surface area contributed by atoms with E-state index >= 15 is 0 Å². The van der Waals surface area contributed by atoms with Crippen LogP contribution in [-0.4, -0.2) is 49.3 Å². The molecule has 0 bridgehead atoms. The first-order chi connectivity index (χ1) is 12.6. The number of pyridine rings is 1. The maximum atomic E-state index is 13.2. The monoisotopic (exact) mass is 357 g/mol. The molecular formula is C21H31N3O2. The quantitative estimate of drug-likeness (QED) is 0.826. The largest absolute Gasteiger partial charge is 0.378 e. The van der Waals surface area contributed by atoms with Crippen molar-refractivity contribution < 1.29 is 4.74 Å². The second-order valence-electron chi connectivity index (χ2n) is 7.11. The lowest BCUT2D eigenvalue weighted by molar-refractivity contribution is 0.122. The summed E-state index contributed by atoms with van der Waals surface area (Å²) in [5.41, 5.74) is 4.08. The molecule has 1 saturated heterocycles. The normalized spacial score (nSPS) is 15.2. The number of benzene rings is 1. The third kappa shape index (κ3) is 4.10. The summed E-state index contributed by atoms with van der Waals surface area (Å²) in [5, 5.41) is 0.793. The van der Waals surface area contributed by atoms with E-state index in [-0.39, 0.29) is 5.43 Å². The molecular weight excluding hydrogens is 326 g/mol. The van der Waals surface area contributed by atoms with Crippen LogP contribution < -0.4 is 10.3 Å². The Labute approximate surface area is 156 Å². The molecule has 1 aliphatic rings. The topological polar surface area (TPSA) is 48.6 Å². The number of anilines is 1. The Morgan fingerprint density at radius 2 is 2.00 bits per heavy atom. The summed E-state index contributed by atoms with van der Waals surface area (Å²) in [6, 6.07) is 6.18. The van der Waals surface area contributed by atoms with Crippen molar-refractivity contribution in [2.45, 2.75) is 40.2 Å². The first-order valence-electron chi connectivity index (χ1n) is 9.84. The predicted octanol–water partition coefficient (Wildman–Crippen LogP) is 3.30. The van der Waals surface area contributed by atoms with Gasteiger partial charge in [-0.25, -0.2) is 0 Å². The van der Waals surface area contributed by atoms with Crippen molar-refractivity contribution in [2.24, 2.45) is 0 Å². The highest BCUT2D eigenvalue weighted by Crippen LogP contribution is 2.21. The Bertz CT molecular complexity index is 794. The minimum Gasteiger partial charge on any atom is -0.378 e. The van der Waals surface area contributed by atoms with Gasteiger partial charge in [-0.2, -0.15) is 0 Å². The average Bonchev–Trinajstić information content (AvgIpc) is 2.68. The van der Waals surface area contributed by atoms with Crippen LogP contribution in [0.15, 0.2) is 23.0 Å². The SMILES string of the molecule is CCCCN(CC)Cc1c(C)[nH]c2ccc(N3CCOCC3)cc2c1=O. The molecule has 1 aliphatic heterocycles. The maximum absolute atomic E-state index is 13.2. The second-order valence-corrected chi connectivity index (χ2v) is 7.11. The first-order valence-corrected chi connectivity index (χ1v) is 9.84. The third-order valence-corrected chi connectivity index (χ3v) is 5.33. The van der Waals surface area contributed by atoms with E-state index in [4.69, 9.17) is 4.74 Å². The number of morpholine rings is 1. The first kappa shape index (κ1) is 18.9. The molecule has 0 aliphatic carbocycles. The van der Waals surface area contributed by atoms with Gasteiger partial charge in [0.15, 0.2) is 5.43 Å². The van der Waals surface area contributed by atoms with Crippen molar-refractivity contribution in [1.82, 2.24) is 9.88 Å². The van der Waals surface area contributed by atoms with Gasteiger partial charge in [-0.1, -0.05) is 20.3 Å². The fraction of sp³-hybridized carbons (Fsp3) is 0.571. The van der Waals surface area contributed by atoms with Crippen molar-refractivity contribution >= 4 is 16.6 Å². The smallest absolute Gasteiger partial charge is 0.194 e. The molecule has 1 fully saturated rings. The van der Waals surface area contributed by atoms with E-state index in [1.165, 1.54) is 12.8 Å². The molecule has 1 aromatic heterocycles. The summed E-state index contributed by atoms with van der Waals surface area (Å²) < 4.78 is 5.44. The molecule has 2 aromatic rings. The van der Waals surface area contributed by atoms with Crippen molar-refractivity contribution in [3.8, 4) is 0 Å². The van der Waals surface area contributed by atoms with Gasteiger partial charge in [0.25, 0.3) is 0 Å². The van der Waals surface area contributed by atoms with Gasteiger partial charge < -0.3 is 14.6 Å². The molecule has 0 radical (unpaired) electrons. The van der Waals surface area contributed by atoms with Crippen LogP contribution >= 0.6 is 0 Å². The molecule has 0 spiro atoms. The maximum Gasteiger partial charge on any atom is 0.194 e. The van der Waals surface area contributed by atoms with Crippen LogP contribution in [0.5, 0.6) is 0 Å². The summed E-state index contributed by atoms with van der Waals surface area (Å²) in [5.74, 6) is 0. The summed E-state index contributed by atoms with van der Waals surface area (Å²) in [7, 11) is 0. The molecule has 0 amide bonds. The molecule has 142 valence electrons. The molecule has 0 atom stereocenters. The van der Waals surface area contributed by atoms with Crippen LogP contribution in [0, 0.1) is 6.92 Å². The minimum atomic E-state index is 0.168. The summed E-state index contributed by atoms with van der Waals surface area (Å²) in [6.07, 6.45) is 2.34. The Balaban J connectivity index is 1.94. The van der Waals surface area contributed by atoms with Crippen LogP contribution in [0.2, 0.25) is 0 Å². The molecule has 5 nitrogen and oxygen atoms in total. The van der Waals surface area contributed by atoms with E-state index in [1.807, 2.05) is 19.1 Å². The fourth-order valence-electron chi connectivity index (χ4n) is 3.60. The number of ether oxygens (including phenoxy) is 1. The van der Waals surface area contributed by atoms with E-state index in [0.717, 1.165) is 73.8 Å². The van der Waals surface area contributed by atoms with Gasteiger partial charge in [0.2, 0.25) is 0 Å². The number of fused-ring (bicyclic) bond motifs is 1. The Hall–Kier alpha value is -1.85. The highest BCUT2D eigenvalue weighted by Gasteiger charge is 2.16. The van der Waals surface area contributed by atoms with Crippen LogP contribution in [-0.2, 0) is 11.3 Å². The molecule has 1 aromatic carbocycles. The minimum absolute atomic E-state index is 0.168. The molecule has 2 heterocycles. The number of hydrogen-bond donors (Lipinski definition) is 1. The lowest BCUT2D eigenvalue weighted by Crippen LogP contribution is -2.36. The zero-order valence-electron chi connectivity index (χ0n) is 16.3. The van der Waals surface area contributed by atoms with Crippen molar-refractivity contribution in [3.05, 3.63) is 39.7 Å². The van der Waals surface area contributed by atoms with E-state index in [1.54, 1.807) is 0 Å². The highest BCUT2D eigenvalue weighted by atomic mass is 16.5. The molecule has 5 heteroatoms. The lowest BCUT2D eigenvalue weighted by atomic mass is 10.1. The molecule has 1 N–H and O–H groups in total. The van der Waals surface area contributed by atoms with Gasteiger partial charge in [0, 0.05) is 47.5 Å². The van der Waals surface area contributed by atoms with E-state index in [2.05, 4.69) is 34.7 Å². The van der Waals surface area contributed by atoms with E-state index in [9.17, 15) is 4.79 Å². The number of nitrogens with one attached hydrogen (secondary N) is 1. The van der Waals surface area contributed by atoms with E-state index in [0.29, 0.717) is 0 Å². The van der Waals surface area contributed by atoms with Crippen molar-refractivity contribution in [2.75, 3.05) is 44.3 Å². The van der Waals surface area contributed by atoms with Crippen molar-refractivity contribution in [1.29, 1.82) is 0 Å². The molecule has 0 saturated carbocycles. The zero-order valence-corrected chi connectivity index (χ0v) is 16.3. The van der Waals surface area contributed by atoms with Gasteiger partial charge in [-0.3, -0.25) is 9.69 Å². The van der Waals surface area contributed by atoms with Crippen LogP contribution in [0.3, 0.4) is 0 Å². The number of aromatic amines is 1. The number of hydrogen-bond acceptors (Lipinski definition) is 4. The van der Waals surface area contributed by atoms with Gasteiger partial charge in [0.05, 0.1) is 13.2 Å². The average molecular weight is 357 g/mol. The number of nitrogens with zero attached hydrogens (tertiary/aromatic N) is 2. The third-order valence-electron chi connectivity index (χ3n) is 5.33. The highest BCUT2D eigenvalue weighted by molar-refractivity contribution is 5.83. The lowest BCUT2D eigenvalue weighted by Gasteiger charge is -2.29. The summed E-state index contributed by atoms with van der Waals surface area (Å²) in [4.78, 5) is 21.3. The fourth-order valence-corrected chi connectivity index (χ4v) is 3.60. The molecule has 3 rings (SSSR count). The van der Waals surface area contributed by atoms with Crippen LogP contribution in [0.25, 0.3) is 10.9 Å². The predicted molar refractivity (Wildman–Crippen MR) is 108 cm³/mol. The van der Waals surface area contributed by atoms with Gasteiger partial charge in [-0.05, 0) is 44.6 Å². The van der Waals surface area contributed by atoms with Gasteiger partial charge in [0.1, 0.15) is 0 Å². The van der Waals surface area contributed by atoms with Crippen LogP contribution in [0.4, 0.5) is 5.69 Å².